The van der Waals surface area contributed by atoms with Gasteiger partial charge in [-0.15, -0.1) is 0 Å². The maximum Gasteiger partial charge on any atom is 0.0484 e. The molecule has 0 atom stereocenters. The van der Waals surface area contributed by atoms with Gasteiger partial charge in [0, 0.05) is 49.0 Å². The molecule has 0 saturated heterocycles. The van der Waals surface area contributed by atoms with Gasteiger partial charge in [-0.3, -0.25) is 4.98 Å². The number of hydrogen-bond donors (Lipinski definition) is 1. The minimum absolute atomic E-state index is 0.715. The van der Waals surface area contributed by atoms with Crippen molar-refractivity contribution in [3.63, 3.8) is 0 Å². The third-order valence-corrected chi connectivity index (χ3v) is 3.87. The molecule has 1 fully saturated rings. The first-order chi connectivity index (χ1) is 9.75. The van der Waals surface area contributed by atoms with Crippen molar-refractivity contribution in [3.8, 4) is 0 Å². The summed E-state index contributed by atoms with van der Waals surface area (Å²) in [6.07, 6.45) is 6.46. The molecule has 1 aliphatic carbocycles. The number of rotatable bonds is 5. The molecule has 3 nitrogen and oxygen atoms in total. The third-order valence-electron chi connectivity index (χ3n) is 3.87. The Bertz CT molecular complexity index is 590. The van der Waals surface area contributed by atoms with Crippen LogP contribution >= 0.6 is 0 Å². The zero-order valence-electron chi connectivity index (χ0n) is 12.1. The number of para-hydroxylation sites is 1. The highest BCUT2D eigenvalue weighted by Gasteiger charge is 2.21. The molecule has 0 amide bonds. The van der Waals surface area contributed by atoms with Gasteiger partial charge >= 0.3 is 0 Å². The van der Waals surface area contributed by atoms with E-state index in [1.807, 2.05) is 12.4 Å². The van der Waals surface area contributed by atoms with Gasteiger partial charge in [-0.25, -0.2) is 0 Å². The molecule has 0 unspecified atom stereocenters. The quantitative estimate of drug-likeness (QED) is 0.900. The van der Waals surface area contributed by atoms with Crippen molar-refractivity contribution < 1.29 is 0 Å². The monoisotopic (exact) mass is 267 g/mol. The van der Waals surface area contributed by atoms with Crippen LogP contribution in [0.4, 0.5) is 11.4 Å². The second-order valence-corrected chi connectivity index (χ2v) is 5.51. The standard InChI is InChI=1S/C17H21N3/c1-13-5-3-4-6-16(13)20(2)17-9-10-18-11-14(17)12-19-15-7-8-15/h3-6,9-11,15,19H,7-8,12H2,1-2H3. The van der Waals surface area contributed by atoms with Gasteiger partial charge in [0.2, 0.25) is 0 Å². The van der Waals surface area contributed by atoms with Crippen molar-refractivity contribution in [3.05, 3.63) is 53.9 Å². The van der Waals surface area contributed by atoms with Crippen molar-refractivity contribution >= 4 is 11.4 Å². The number of hydrogen-bond acceptors (Lipinski definition) is 3. The number of aryl methyl sites for hydroxylation is 1. The van der Waals surface area contributed by atoms with Gasteiger partial charge in [0.1, 0.15) is 0 Å². The van der Waals surface area contributed by atoms with Gasteiger partial charge in [0.25, 0.3) is 0 Å². The van der Waals surface area contributed by atoms with Crippen molar-refractivity contribution in [2.45, 2.75) is 32.4 Å². The van der Waals surface area contributed by atoms with Crippen LogP contribution in [0.3, 0.4) is 0 Å². The molecule has 2 aromatic rings. The summed E-state index contributed by atoms with van der Waals surface area (Å²) >= 11 is 0. The summed E-state index contributed by atoms with van der Waals surface area (Å²) in [5.74, 6) is 0. The Hall–Kier alpha value is -1.87. The summed E-state index contributed by atoms with van der Waals surface area (Å²) < 4.78 is 0. The summed E-state index contributed by atoms with van der Waals surface area (Å²) in [6.45, 7) is 3.04. The zero-order valence-corrected chi connectivity index (χ0v) is 12.1. The lowest BCUT2D eigenvalue weighted by atomic mass is 10.1. The number of aromatic nitrogens is 1. The average molecular weight is 267 g/mol. The van der Waals surface area contributed by atoms with Crippen LogP contribution in [0, 0.1) is 6.92 Å². The predicted molar refractivity (Wildman–Crippen MR) is 83.3 cm³/mol. The third kappa shape index (κ3) is 2.83. The van der Waals surface area contributed by atoms with Crippen LogP contribution in [-0.4, -0.2) is 18.1 Å². The molecular formula is C17H21N3. The molecule has 1 saturated carbocycles. The Labute approximate surface area is 120 Å². The summed E-state index contributed by atoms with van der Waals surface area (Å²) in [5.41, 5.74) is 5.01. The Morgan fingerprint density at radius 1 is 1.20 bits per heavy atom. The number of benzene rings is 1. The van der Waals surface area contributed by atoms with E-state index in [-0.39, 0.29) is 0 Å². The van der Waals surface area contributed by atoms with Gasteiger partial charge in [-0.05, 0) is 37.5 Å². The maximum absolute atomic E-state index is 4.28. The molecule has 1 heterocycles. The molecule has 0 radical (unpaired) electrons. The van der Waals surface area contributed by atoms with Crippen LogP contribution < -0.4 is 10.2 Å². The van der Waals surface area contributed by atoms with E-state index in [9.17, 15) is 0 Å². The van der Waals surface area contributed by atoms with Crippen molar-refractivity contribution in [2.24, 2.45) is 0 Å². The van der Waals surface area contributed by atoms with Crippen molar-refractivity contribution in [2.75, 3.05) is 11.9 Å². The van der Waals surface area contributed by atoms with E-state index in [0.717, 1.165) is 6.54 Å². The van der Waals surface area contributed by atoms with E-state index < -0.39 is 0 Å². The highest BCUT2D eigenvalue weighted by molar-refractivity contribution is 5.67. The fourth-order valence-electron chi connectivity index (χ4n) is 2.49. The van der Waals surface area contributed by atoms with E-state index in [0.29, 0.717) is 6.04 Å². The second-order valence-electron chi connectivity index (χ2n) is 5.51. The normalized spacial score (nSPS) is 14.3. The molecule has 104 valence electrons. The molecule has 1 aromatic carbocycles. The lowest BCUT2D eigenvalue weighted by Gasteiger charge is -2.24. The molecule has 1 N–H and O–H groups in total. The van der Waals surface area contributed by atoms with Gasteiger partial charge in [-0.2, -0.15) is 0 Å². The Balaban J connectivity index is 1.86. The molecule has 0 spiro atoms. The minimum Gasteiger partial charge on any atom is -0.344 e. The van der Waals surface area contributed by atoms with E-state index >= 15 is 0 Å². The number of nitrogens with one attached hydrogen (secondary N) is 1. The highest BCUT2D eigenvalue weighted by Crippen LogP contribution is 2.29. The van der Waals surface area contributed by atoms with Crippen molar-refractivity contribution in [1.29, 1.82) is 0 Å². The van der Waals surface area contributed by atoms with Gasteiger partial charge in [0.05, 0.1) is 0 Å². The van der Waals surface area contributed by atoms with Crippen LogP contribution in [0.2, 0.25) is 0 Å². The van der Waals surface area contributed by atoms with Crippen LogP contribution in [0.25, 0.3) is 0 Å². The summed E-state index contributed by atoms with van der Waals surface area (Å²) in [6, 6.07) is 11.3. The van der Waals surface area contributed by atoms with Crippen LogP contribution in [0.5, 0.6) is 0 Å². The number of anilines is 2. The van der Waals surface area contributed by atoms with Gasteiger partial charge < -0.3 is 10.2 Å². The van der Waals surface area contributed by atoms with Gasteiger partial charge in [-0.1, -0.05) is 18.2 Å². The fourth-order valence-corrected chi connectivity index (χ4v) is 2.49. The minimum atomic E-state index is 0.715. The molecule has 3 rings (SSSR count). The van der Waals surface area contributed by atoms with E-state index in [2.05, 4.69) is 59.5 Å². The van der Waals surface area contributed by atoms with Crippen molar-refractivity contribution in [1.82, 2.24) is 10.3 Å². The second kappa shape index (κ2) is 5.63. The summed E-state index contributed by atoms with van der Waals surface area (Å²) in [4.78, 5) is 6.53. The zero-order chi connectivity index (χ0) is 13.9. The molecule has 0 aliphatic heterocycles. The Morgan fingerprint density at radius 2 is 2.00 bits per heavy atom. The first kappa shape index (κ1) is 13.1. The average Bonchev–Trinajstić information content (AvgIpc) is 3.29. The number of pyridine rings is 1. The molecule has 1 aromatic heterocycles. The molecule has 3 heteroatoms. The first-order valence-electron chi connectivity index (χ1n) is 7.21. The predicted octanol–water partition coefficient (Wildman–Crippen LogP) is 3.41. The Kier molecular flexibility index (Phi) is 3.70. The van der Waals surface area contributed by atoms with Crippen LogP contribution in [0.15, 0.2) is 42.7 Å². The molecule has 20 heavy (non-hydrogen) atoms. The van der Waals surface area contributed by atoms with E-state index in [1.54, 1.807) is 0 Å². The van der Waals surface area contributed by atoms with Crippen LogP contribution in [0.1, 0.15) is 24.0 Å². The maximum atomic E-state index is 4.28. The van der Waals surface area contributed by atoms with E-state index in [1.165, 1.54) is 35.3 Å². The lowest BCUT2D eigenvalue weighted by molar-refractivity contribution is 0.685. The summed E-state index contributed by atoms with van der Waals surface area (Å²) in [7, 11) is 2.12. The first-order valence-corrected chi connectivity index (χ1v) is 7.21. The molecule has 1 aliphatic rings. The van der Waals surface area contributed by atoms with E-state index in [4.69, 9.17) is 0 Å². The smallest absolute Gasteiger partial charge is 0.0484 e. The molecule has 0 bridgehead atoms. The van der Waals surface area contributed by atoms with Gasteiger partial charge in [0.15, 0.2) is 0 Å². The number of nitrogens with zero attached hydrogens (tertiary/aromatic N) is 2. The largest absolute Gasteiger partial charge is 0.344 e. The molecular weight excluding hydrogens is 246 g/mol. The SMILES string of the molecule is Cc1ccccc1N(C)c1ccncc1CNC1CC1. The topological polar surface area (TPSA) is 28.2 Å². The fraction of sp³-hybridized carbons (Fsp3) is 0.353. The lowest BCUT2D eigenvalue weighted by Crippen LogP contribution is -2.19. The summed E-state index contributed by atoms with van der Waals surface area (Å²) in [5, 5.41) is 3.57. The highest BCUT2D eigenvalue weighted by atomic mass is 15.1. The Morgan fingerprint density at radius 3 is 2.75 bits per heavy atom. The van der Waals surface area contributed by atoms with Crippen LogP contribution in [-0.2, 0) is 6.54 Å².